The van der Waals surface area contributed by atoms with Gasteiger partial charge in [0.25, 0.3) is 0 Å². The van der Waals surface area contributed by atoms with Crippen LogP contribution in [0.1, 0.15) is 33.1 Å². The zero-order chi connectivity index (χ0) is 9.23. The second-order valence-corrected chi connectivity index (χ2v) is 2.95. The zero-order valence-corrected chi connectivity index (χ0v) is 8.40. The van der Waals surface area contributed by atoms with Gasteiger partial charge in [0.1, 0.15) is 0 Å². The van der Waals surface area contributed by atoms with Crippen LogP contribution in [0, 0.1) is 0 Å². The Bertz CT molecular complexity index is 136. The highest BCUT2D eigenvalue weighted by molar-refractivity contribution is 5.14. The van der Waals surface area contributed by atoms with Gasteiger partial charge < -0.3 is 5.32 Å². The molecule has 0 bridgehead atoms. The van der Waals surface area contributed by atoms with E-state index in [1.54, 1.807) is 0 Å². The summed E-state index contributed by atoms with van der Waals surface area (Å²) in [5.74, 6) is 0. The van der Waals surface area contributed by atoms with Crippen molar-refractivity contribution < 1.29 is 0 Å². The van der Waals surface area contributed by atoms with Crippen molar-refractivity contribution in [3.05, 3.63) is 24.3 Å². The first-order valence-corrected chi connectivity index (χ1v) is 4.86. The molecule has 0 rings (SSSR count). The van der Waals surface area contributed by atoms with E-state index in [2.05, 4.69) is 37.9 Å². The third-order valence-electron chi connectivity index (χ3n) is 1.68. The third-order valence-corrected chi connectivity index (χ3v) is 1.68. The predicted molar refractivity (Wildman–Crippen MR) is 56.3 cm³/mol. The molecule has 0 amide bonds. The van der Waals surface area contributed by atoms with Crippen molar-refractivity contribution in [2.24, 2.45) is 0 Å². The van der Waals surface area contributed by atoms with E-state index in [0.717, 1.165) is 19.5 Å². The van der Waals surface area contributed by atoms with E-state index in [4.69, 9.17) is 0 Å². The van der Waals surface area contributed by atoms with Gasteiger partial charge in [-0.15, -0.1) is 0 Å². The quantitative estimate of drug-likeness (QED) is 0.454. The topological polar surface area (TPSA) is 12.0 Å². The fourth-order valence-corrected chi connectivity index (χ4v) is 0.926. The number of unbranched alkanes of at least 4 members (excludes halogenated alkanes) is 1. The molecule has 1 N–H and O–H groups in total. The Balaban J connectivity index is 3.33. The molecule has 0 aliphatic heterocycles. The maximum Gasteiger partial charge on any atom is -0.000868 e. The first kappa shape index (κ1) is 11.4. The molecule has 0 aliphatic carbocycles. The summed E-state index contributed by atoms with van der Waals surface area (Å²) in [7, 11) is 0. The van der Waals surface area contributed by atoms with Crippen LogP contribution < -0.4 is 5.32 Å². The van der Waals surface area contributed by atoms with Gasteiger partial charge in [-0.05, 0) is 25.9 Å². The average molecular weight is 167 g/mol. The van der Waals surface area contributed by atoms with Gasteiger partial charge in [0, 0.05) is 0 Å². The lowest BCUT2D eigenvalue weighted by molar-refractivity contribution is 0.718. The highest BCUT2D eigenvalue weighted by Crippen LogP contribution is 2.00. The van der Waals surface area contributed by atoms with Gasteiger partial charge in [0.2, 0.25) is 0 Å². The van der Waals surface area contributed by atoms with Crippen molar-refractivity contribution in [1.82, 2.24) is 5.32 Å². The van der Waals surface area contributed by atoms with Crippen LogP contribution in [-0.2, 0) is 0 Å². The Labute approximate surface area is 76.6 Å². The fourth-order valence-electron chi connectivity index (χ4n) is 0.926. The lowest BCUT2D eigenvalue weighted by Gasteiger charge is -2.00. The summed E-state index contributed by atoms with van der Waals surface area (Å²) in [4.78, 5) is 0. The number of nitrogens with one attached hydrogen (secondary N) is 1. The summed E-state index contributed by atoms with van der Waals surface area (Å²) in [6, 6.07) is 0. The Morgan fingerprint density at radius 1 is 1.42 bits per heavy atom. The molecule has 0 aliphatic rings. The smallest absolute Gasteiger partial charge is 0.000868 e. The van der Waals surface area contributed by atoms with Crippen molar-refractivity contribution in [2.45, 2.75) is 33.1 Å². The van der Waals surface area contributed by atoms with E-state index < -0.39 is 0 Å². The minimum atomic E-state index is 1.05. The van der Waals surface area contributed by atoms with Gasteiger partial charge in [-0.2, -0.15) is 0 Å². The normalized spacial score (nSPS) is 10.8. The van der Waals surface area contributed by atoms with E-state index in [1.165, 1.54) is 18.4 Å². The van der Waals surface area contributed by atoms with Crippen LogP contribution in [0.4, 0.5) is 0 Å². The lowest BCUT2D eigenvalue weighted by Crippen LogP contribution is -2.13. The van der Waals surface area contributed by atoms with Crippen LogP contribution in [0.5, 0.6) is 0 Å². The maximum atomic E-state index is 3.97. The molecule has 0 unspecified atom stereocenters. The molecule has 1 heteroatoms. The first-order chi connectivity index (χ1) is 5.81. The van der Waals surface area contributed by atoms with Crippen LogP contribution in [0.3, 0.4) is 0 Å². The maximum absolute atomic E-state index is 3.97. The van der Waals surface area contributed by atoms with Crippen LogP contribution >= 0.6 is 0 Å². The Hall–Kier alpha value is -0.560. The molecular formula is C11H21N. The van der Waals surface area contributed by atoms with Crippen molar-refractivity contribution >= 4 is 0 Å². The Morgan fingerprint density at radius 3 is 2.75 bits per heavy atom. The molecule has 0 radical (unpaired) electrons. The summed E-state index contributed by atoms with van der Waals surface area (Å²) in [5.41, 5.74) is 1.23. The van der Waals surface area contributed by atoms with Gasteiger partial charge in [0.05, 0.1) is 0 Å². The molecule has 70 valence electrons. The third kappa shape index (κ3) is 7.55. The summed E-state index contributed by atoms with van der Waals surface area (Å²) >= 11 is 0. The van der Waals surface area contributed by atoms with Crippen molar-refractivity contribution in [3.8, 4) is 0 Å². The van der Waals surface area contributed by atoms with E-state index in [1.807, 2.05) is 0 Å². The van der Waals surface area contributed by atoms with E-state index in [-0.39, 0.29) is 0 Å². The zero-order valence-electron chi connectivity index (χ0n) is 8.40. The van der Waals surface area contributed by atoms with Crippen molar-refractivity contribution in [1.29, 1.82) is 0 Å². The molecule has 0 atom stereocenters. The molecule has 0 fully saturated rings. The summed E-state index contributed by atoms with van der Waals surface area (Å²) in [6.45, 7) is 10.4. The van der Waals surface area contributed by atoms with Gasteiger partial charge in [0.15, 0.2) is 0 Å². The van der Waals surface area contributed by atoms with Crippen LogP contribution in [-0.4, -0.2) is 13.1 Å². The average Bonchev–Trinajstić information content (AvgIpc) is 2.06. The largest absolute Gasteiger partial charge is 0.317 e. The Kier molecular flexibility index (Phi) is 8.14. The highest BCUT2D eigenvalue weighted by atomic mass is 14.8. The molecular weight excluding hydrogens is 146 g/mol. The van der Waals surface area contributed by atoms with Crippen LogP contribution in [0.15, 0.2) is 24.3 Å². The minimum Gasteiger partial charge on any atom is -0.317 e. The number of hydrogen-bond acceptors (Lipinski definition) is 1. The van der Waals surface area contributed by atoms with Crippen molar-refractivity contribution in [3.63, 3.8) is 0 Å². The minimum absolute atomic E-state index is 1.05. The predicted octanol–water partition coefficient (Wildman–Crippen LogP) is 2.90. The molecule has 0 aromatic heterocycles. The molecule has 0 aromatic carbocycles. The number of hydrogen-bond donors (Lipinski definition) is 1. The fraction of sp³-hybridized carbons (Fsp3) is 0.636. The second-order valence-electron chi connectivity index (χ2n) is 2.95. The molecule has 0 saturated heterocycles. The standard InChI is InChI=1S/C11H21N/c1-4-6-7-8-11(3)9-10-12-5-2/h7-8,12H,3-6,9-10H2,1-2H3/b8-7-. The monoisotopic (exact) mass is 167 g/mol. The van der Waals surface area contributed by atoms with Crippen LogP contribution in [0.2, 0.25) is 0 Å². The van der Waals surface area contributed by atoms with Crippen LogP contribution in [0.25, 0.3) is 0 Å². The molecule has 1 nitrogen and oxygen atoms in total. The molecule has 0 spiro atoms. The molecule has 0 heterocycles. The summed E-state index contributed by atoms with van der Waals surface area (Å²) < 4.78 is 0. The molecule has 0 aromatic rings. The van der Waals surface area contributed by atoms with Gasteiger partial charge in [-0.1, -0.05) is 44.6 Å². The van der Waals surface area contributed by atoms with Gasteiger partial charge in [-0.3, -0.25) is 0 Å². The summed E-state index contributed by atoms with van der Waals surface area (Å²) in [5, 5.41) is 3.27. The van der Waals surface area contributed by atoms with Gasteiger partial charge >= 0.3 is 0 Å². The van der Waals surface area contributed by atoms with E-state index in [0.29, 0.717) is 0 Å². The Morgan fingerprint density at radius 2 is 2.17 bits per heavy atom. The lowest BCUT2D eigenvalue weighted by atomic mass is 10.2. The highest BCUT2D eigenvalue weighted by Gasteiger charge is 1.87. The molecule has 12 heavy (non-hydrogen) atoms. The number of allylic oxidation sites excluding steroid dienone is 2. The second kappa shape index (κ2) is 8.54. The summed E-state index contributed by atoms with van der Waals surface area (Å²) in [6.07, 6.45) is 7.79. The van der Waals surface area contributed by atoms with Gasteiger partial charge in [-0.25, -0.2) is 0 Å². The molecule has 0 saturated carbocycles. The van der Waals surface area contributed by atoms with E-state index >= 15 is 0 Å². The van der Waals surface area contributed by atoms with E-state index in [9.17, 15) is 0 Å². The number of rotatable bonds is 7. The SMILES string of the molecule is C=C(/C=C\CCC)CCNCC. The first-order valence-electron chi connectivity index (χ1n) is 4.86. The van der Waals surface area contributed by atoms with Crippen molar-refractivity contribution in [2.75, 3.05) is 13.1 Å².